The van der Waals surface area contributed by atoms with E-state index in [-0.39, 0.29) is 54.6 Å². The molecule has 4 aromatic rings. The third-order valence-electron chi connectivity index (χ3n) is 7.76. The van der Waals surface area contributed by atoms with E-state index in [0.29, 0.717) is 23.0 Å². The molecule has 2 aromatic heterocycles. The molecule has 12 heteroatoms. The number of benzene rings is 2. The number of carbonyl (C=O) groups is 3. The summed E-state index contributed by atoms with van der Waals surface area (Å²) in [5.41, 5.74) is -1.18. The van der Waals surface area contributed by atoms with Crippen molar-refractivity contribution in [1.29, 1.82) is 0 Å². The number of hydrogen-bond acceptors (Lipinski definition) is 7. The van der Waals surface area contributed by atoms with Crippen molar-refractivity contribution in [2.75, 3.05) is 31.1 Å². The first-order valence-electron chi connectivity index (χ1n) is 14.0. The molecule has 0 unspecified atom stereocenters. The topological polar surface area (TPSA) is 142 Å². The van der Waals surface area contributed by atoms with Crippen LogP contribution >= 0.6 is 0 Å². The van der Waals surface area contributed by atoms with Crippen molar-refractivity contribution in [1.82, 2.24) is 14.8 Å². The molecule has 2 amide bonds. The van der Waals surface area contributed by atoms with Gasteiger partial charge in [0.15, 0.2) is 0 Å². The molecular weight excluding hydrogens is 559 g/mol. The number of carboxylic acids is 1. The van der Waals surface area contributed by atoms with E-state index in [9.17, 15) is 29.1 Å². The van der Waals surface area contributed by atoms with E-state index in [2.05, 4.69) is 5.32 Å². The van der Waals surface area contributed by atoms with Gasteiger partial charge in [-0.3, -0.25) is 14.4 Å². The van der Waals surface area contributed by atoms with Crippen LogP contribution in [0.1, 0.15) is 41.5 Å². The minimum atomic E-state index is -1.38. The fourth-order valence-corrected chi connectivity index (χ4v) is 5.37. The number of anilines is 1. The van der Waals surface area contributed by atoms with Crippen LogP contribution in [-0.2, 0) is 11.3 Å². The Hall–Kier alpha value is -5.00. The number of pyridine rings is 1. The molecule has 1 saturated heterocycles. The highest BCUT2D eigenvalue weighted by Gasteiger charge is 2.32. The van der Waals surface area contributed by atoms with Crippen molar-refractivity contribution >= 4 is 45.3 Å². The molecule has 0 saturated carbocycles. The summed E-state index contributed by atoms with van der Waals surface area (Å²) >= 11 is 0. The number of halogens is 1. The van der Waals surface area contributed by atoms with Crippen LogP contribution in [0.2, 0.25) is 0 Å². The van der Waals surface area contributed by atoms with Gasteiger partial charge < -0.3 is 29.2 Å². The Bertz CT molecular complexity index is 1870. The monoisotopic (exact) mass is 590 g/mol. The quantitative estimate of drug-likeness (QED) is 0.313. The molecule has 2 aromatic carbocycles. The van der Waals surface area contributed by atoms with Crippen molar-refractivity contribution in [2.24, 2.45) is 5.92 Å². The zero-order chi connectivity index (χ0) is 31.0. The lowest BCUT2D eigenvalue weighted by Crippen LogP contribution is -2.56. The molecule has 224 valence electrons. The third kappa shape index (κ3) is 5.60. The largest absolute Gasteiger partial charge is 0.477 e. The highest BCUT2D eigenvalue weighted by atomic mass is 19.1. The minimum Gasteiger partial charge on any atom is -0.477 e. The predicted octanol–water partition coefficient (Wildman–Crippen LogP) is 3.07. The third-order valence-corrected chi connectivity index (χ3v) is 7.76. The lowest BCUT2D eigenvalue weighted by Gasteiger charge is -2.38. The van der Waals surface area contributed by atoms with E-state index >= 15 is 4.39 Å². The molecule has 1 atom stereocenters. The second kappa shape index (κ2) is 11.7. The number of fused-ring (bicyclic) bond motifs is 2. The fraction of sp³-hybridized carbons (Fsp3) is 0.323. The number of aryl methyl sites for hydroxylation is 1. The van der Waals surface area contributed by atoms with Gasteiger partial charge in [-0.2, -0.15) is 0 Å². The molecule has 0 spiro atoms. The molecule has 0 radical (unpaired) electrons. The highest BCUT2D eigenvalue weighted by molar-refractivity contribution is 5.99. The summed E-state index contributed by atoms with van der Waals surface area (Å²) in [6.45, 7) is 6.78. The van der Waals surface area contributed by atoms with Crippen LogP contribution in [0.5, 0.6) is 0 Å². The summed E-state index contributed by atoms with van der Waals surface area (Å²) in [4.78, 5) is 66.6. The summed E-state index contributed by atoms with van der Waals surface area (Å²) in [5, 5.41) is 12.6. The Labute approximate surface area is 245 Å². The minimum absolute atomic E-state index is 0.0206. The summed E-state index contributed by atoms with van der Waals surface area (Å²) in [6, 6.07) is 9.94. The zero-order valence-electron chi connectivity index (χ0n) is 23.9. The number of aromatic nitrogens is 1. The molecule has 0 aliphatic carbocycles. The van der Waals surface area contributed by atoms with E-state index in [1.165, 1.54) is 18.3 Å². The van der Waals surface area contributed by atoms with Gasteiger partial charge in [-0.25, -0.2) is 14.0 Å². The maximum Gasteiger partial charge on any atom is 0.349 e. The van der Waals surface area contributed by atoms with Gasteiger partial charge in [0.1, 0.15) is 28.6 Å². The average Bonchev–Trinajstić information content (AvgIpc) is 2.99. The molecule has 0 bridgehead atoms. The van der Waals surface area contributed by atoms with Crippen LogP contribution in [0, 0.1) is 11.7 Å². The van der Waals surface area contributed by atoms with Crippen molar-refractivity contribution in [3.63, 3.8) is 0 Å². The van der Waals surface area contributed by atoms with Crippen molar-refractivity contribution in [3.05, 3.63) is 86.2 Å². The maximum atomic E-state index is 15.3. The fourth-order valence-electron chi connectivity index (χ4n) is 5.37. The van der Waals surface area contributed by atoms with Gasteiger partial charge in [-0.05, 0) is 37.1 Å². The number of rotatable bonds is 7. The molecular formula is C31H31FN4O7. The van der Waals surface area contributed by atoms with Gasteiger partial charge in [0.05, 0.1) is 11.2 Å². The molecule has 1 fully saturated rings. The Morgan fingerprint density at radius 3 is 2.37 bits per heavy atom. The van der Waals surface area contributed by atoms with Crippen LogP contribution in [0.3, 0.4) is 0 Å². The Kier molecular flexibility index (Phi) is 8.03. The number of para-hydroxylation sites is 1. The highest BCUT2D eigenvalue weighted by Crippen LogP contribution is 2.27. The van der Waals surface area contributed by atoms with E-state index in [0.717, 1.165) is 6.07 Å². The lowest BCUT2D eigenvalue weighted by molar-refractivity contribution is -0.134. The number of amides is 2. The van der Waals surface area contributed by atoms with Crippen LogP contribution in [0.4, 0.5) is 10.1 Å². The van der Waals surface area contributed by atoms with Crippen molar-refractivity contribution < 1.29 is 28.3 Å². The molecule has 43 heavy (non-hydrogen) atoms. The second-order valence-corrected chi connectivity index (χ2v) is 10.8. The Morgan fingerprint density at radius 1 is 1.02 bits per heavy atom. The van der Waals surface area contributed by atoms with Crippen LogP contribution in [0.25, 0.3) is 21.9 Å². The smallest absolute Gasteiger partial charge is 0.349 e. The van der Waals surface area contributed by atoms with E-state index < -0.39 is 40.4 Å². The standard InChI is InChI=1S/C31H31FN4O7/c1-4-34-16-21(30(40)41)27(37)19-14-22(32)24(15-23(19)34)35-9-11-36(12-10-35)29(39)26(17(2)3)33-28(38)20-13-18-7-5-6-8-25(18)43-31(20)42/h5-8,13-17,26H,4,9-12H2,1-3H3,(H,33,38)(H,40,41)/t26-/m0/s1. The van der Waals surface area contributed by atoms with E-state index in [4.69, 9.17) is 4.42 Å². The van der Waals surface area contributed by atoms with Gasteiger partial charge in [-0.15, -0.1) is 0 Å². The van der Waals surface area contributed by atoms with Crippen LogP contribution in [0.15, 0.2) is 62.7 Å². The van der Waals surface area contributed by atoms with E-state index in [1.54, 1.807) is 59.4 Å². The van der Waals surface area contributed by atoms with Crippen LogP contribution < -0.4 is 21.3 Å². The number of carboxylic acid groups (broad SMARTS) is 1. The number of hydrogen-bond donors (Lipinski definition) is 2. The molecule has 1 aliphatic rings. The van der Waals surface area contributed by atoms with E-state index in [1.807, 2.05) is 0 Å². The molecule has 5 rings (SSSR count). The Morgan fingerprint density at radius 2 is 1.72 bits per heavy atom. The normalized spacial score (nSPS) is 14.3. The lowest BCUT2D eigenvalue weighted by atomic mass is 10.0. The van der Waals surface area contributed by atoms with Gasteiger partial charge in [0.2, 0.25) is 11.3 Å². The number of aromatic carboxylic acids is 1. The molecule has 1 aliphatic heterocycles. The maximum absolute atomic E-state index is 15.3. The van der Waals surface area contributed by atoms with Gasteiger partial charge >= 0.3 is 11.6 Å². The number of carbonyl (C=O) groups excluding carboxylic acids is 2. The summed E-state index contributed by atoms with van der Waals surface area (Å²) in [7, 11) is 0. The predicted molar refractivity (Wildman–Crippen MR) is 158 cm³/mol. The summed E-state index contributed by atoms with van der Waals surface area (Å²) in [5.74, 6) is -3.38. The van der Waals surface area contributed by atoms with Crippen LogP contribution in [-0.4, -0.2) is 64.6 Å². The van der Waals surface area contributed by atoms with Crippen molar-refractivity contribution in [3.8, 4) is 0 Å². The molecule has 11 nitrogen and oxygen atoms in total. The first-order chi connectivity index (χ1) is 20.5. The second-order valence-electron chi connectivity index (χ2n) is 10.8. The number of nitrogens with zero attached hydrogens (tertiary/aromatic N) is 3. The summed E-state index contributed by atoms with van der Waals surface area (Å²) in [6.07, 6.45) is 1.26. The zero-order valence-corrected chi connectivity index (χ0v) is 23.9. The van der Waals surface area contributed by atoms with Gasteiger partial charge in [-0.1, -0.05) is 32.0 Å². The molecule has 3 heterocycles. The molecule has 2 N–H and O–H groups in total. The van der Waals surface area contributed by atoms with Gasteiger partial charge in [0.25, 0.3) is 5.91 Å². The average molecular weight is 591 g/mol. The first kappa shape index (κ1) is 29.5. The summed E-state index contributed by atoms with van der Waals surface area (Å²) < 4.78 is 22.1. The number of nitrogens with one attached hydrogen (secondary N) is 1. The van der Waals surface area contributed by atoms with Gasteiger partial charge in [0, 0.05) is 49.7 Å². The Balaban J connectivity index is 1.33. The first-order valence-corrected chi connectivity index (χ1v) is 14.0. The number of piperazine rings is 1. The van der Waals surface area contributed by atoms with Crippen molar-refractivity contribution in [2.45, 2.75) is 33.4 Å². The SMILES string of the molecule is CCn1cc(C(=O)O)c(=O)c2cc(F)c(N3CCN(C(=O)[C@@H](NC(=O)c4cc5ccccc5oc4=O)C(C)C)CC3)cc21.